The summed E-state index contributed by atoms with van der Waals surface area (Å²) in [5, 5.41) is 18.3. The zero-order chi connectivity index (χ0) is 12.3. The van der Waals surface area contributed by atoms with Crippen molar-refractivity contribution in [1.29, 1.82) is 0 Å². The van der Waals surface area contributed by atoms with E-state index in [1.54, 1.807) is 0 Å². The molecule has 0 radical (unpaired) electrons. The third-order valence-electron chi connectivity index (χ3n) is 2.82. The topological polar surface area (TPSA) is 77.8 Å². The van der Waals surface area contributed by atoms with Crippen LogP contribution in [-0.2, 0) is 9.59 Å². The number of carbonyl (C=O) groups is 2. The molecule has 16 heavy (non-hydrogen) atoms. The number of aliphatic carboxylic acids is 1. The molecule has 1 aliphatic heterocycles. The Hall–Kier alpha value is -1.10. The van der Waals surface area contributed by atoms with Crippen molar-refractivity contribution in [3.8, 4) is 0 Å². The molecule has 0 aromatic carbocycles. The molecular formula is C11H19NO4. The largest absolute Gasteiger partial charge is 0.480 e. The van der Waals surface area contributed by atoms with E-state index in [0.717, 1.165) is 6.42 Å². The van der Waals surface area contributed by atoms with E-state index in [2.05, 4.69) is 0 Å². The number of hydrogen-bond acceptors (Lipinski definition) is 3. The zero-order valence-electron chi connectivity index (χ0n) is 9.72. The Labute approximate surface area is 95.1 Å². The quantitative estimate of drug-likeness (QED) is 0.734. The molecule has 0 aromatic heterocycles. The second-order valence-corrected chi connectivity index (χ2v) is 4.72. The van der Waals surface area contributed by atoms with Gasteiger partial charge in [-0.25, -0.2) is 4.79 Å². The van der Waals surface area contributed by atoms with Crippen molar-refractivity contribution in [1.82, 2.24) is 4.90 Å². The number of aliphatic hydroxyl groups is 1. The van der Waals surface area contributed by atoms with E-state index in [4.69, 9.17) is 5.11 Å². The van der Waals surface area contributed by atoms with Crippen LogP contribution in [0.3, 0.4) is 0 Å². The lowest BCUT2D eigenvalue weighted by molar-refractivity contribution is -0.148. The molecule has 0 saturated carbocycles. The van der Waals surface area contributed by atoms with Crippen LogP contribution < -0.4 is 0 Å². The molecule has 1 rings (SSSR count). The van der Waals surface area contributed by atoms with Crippen molar-refractivity contribution in [3.63, 3.8) is 0 Å². The lowest BCUT2D eigenvalue weighted by Gasteiger charge is -2.21. The number of hydrogen-bond donors (Lipinski definition) is 2. The van der Waals surface area contributed by atoms with Crippen LogP contribution in [0.1, 0.15) is 33.1 Å². The fourth-order valence-corrected chi connectivity index (χ4v) is 1.88. The first kappa shape index (κ1) is 13.0. The number of carbonyl (C=O) groups excluding carboxylic acids is 1. The van der Waals surface area contributed by atoms with E-state index in [1.807, 2.05) is 13.8 Å². The SMILES string of the molecule is CC(C)CCC(=O)N1C[C@@H](O)C[C@H]1C(=O)O. The summed E-state index contributed by atoms with van der Waals surface area (Å²) in [7, 11) is 0. The molecule has 1 fully saturated rings. The van der Waals surface area contributed by atoms with Crippen LogP contribution >= 0.6 is 0 Å². The number of amides is 1. The van der Waals surface area contributed by atoms with E-state index < -0.39 is 18.1 Å². The summed E-state index contributed by atoms with van der Waals surface area (Å²) in [5.41, 5.74) is 0. The van der Waals surface area contributed by atoms with Crippen LogP contribution in [0.5, 0.6) is 0 Å². The smallest absolute Gasteiger partial charge is 0.326 e. The van der Waals surface area contributed by atoms with Crippen molar-refractivity contribution in [2.75, 3.05) is 6.54 Å². The van der Waals surface area contributed by atoms with Gasteiger partial charge in [0.1, 0.15) is 6.04 Å². The highest BCUT2D eigenvalue weighted by molar-refractivity contribution is 5.84. The minimum absolute atomic E-state index is 0.142. The van der Waals surface area contributed by atoms with Gasteiger partial charge in [0.05, 0.1) is 6.10 Å². The molecule has 0 aromatic rings. The second kappa shape index (κ2) is 5.30. The first-order valence-electron chi connectivity index (χ1n) is 5.62. The fraction of sp³-hybridized carbons (Fsp3) is 0.818. The lowest BCUT2D eigenvalue weighted by Crippen LogP contribution is -2.40. The van der Waals surface area contributed by atoms with Crippen LogP contribution in [-0.4, -0.2) is 45.7 Å². The first-order valence-corrected chi connectivity index (χ1v) is 5.62. The molecular weight excluding hydrogens is 210 g/mol. The molecule has 5 heteroatoms. The number of β-amino-alcohol motifs (C(OH)–C–C–N with tert-alkyl or cyclic N) is 1. The highest BCUT2D eigenvalue weighted by atomic mass is 16.4. The van der Waals surface area contributed by atoms with Gasteiger partial charge in [-0.1, -0.05) is 13.8 Å². The highest BCUT2D eigenvalue weighted by Crippen LogP contribution is 2.20. The van der Waals surface area contributed by atoms with Crippen LogP contribution in [0.2, 0.25) is 0 Å². The number of rotatable bonds is 4. The lowest BCUT2D eigenvalue weighted by atomic mass is 10.1. The first-order chi connectivity index (χ1) is 7.41. The summed E-state index contributed by atoms with van der Waals surface area (Å²) < 4.78 is 0. The van der Waals surface area contributed by atoms with Gasteiger partial charge in [-0.3, -0.25) is 4.79 Å². The Bertz CT molecular complexity index is 277. The van der Waals surface area contributed by atoms with Gasteiger partial charge in [0, 0.05) is 19.4 Å². The third-order valence-corrected chi connectivity index (χ3v) is 2.82. The summed E-state index contributed by atoms with van der Waals surface area (Å²) in [6, 6.07) is -0.852. The van der Waals surface area contributed by atoms with E-state index in [1.165, 1.54) is 4.90 Å². The summed E-state index contributed by atoms with van der Waals surface area (Å²) in [6.45, 7) is 4.18. The molecule has 0 unspecified atom stereocenters. The minimum Gasteiger partial charge on any atom is -0.480 e. The average Bonchev–Trinajstić information content (AvgIpc) is 2.56. The molecule has 1 aliphatic rings. The number of nitrogens with zero attached hydrogens (tertiary/aromatic N) is 1. The van der Waals surface area contributed by atoms with E-state index >= 15 is 0 Å². The van der Waals surface area contributed by atoms with Gasteiger partial charge in [0.25, 0.3) is 0 Å². The zero-order valence-corrected chi connectivity index (χ0v) is 9.72. The van der Waals surface area contributed by atoms with Crippen molar-refractivity contribution >= 4 is 11.9 Å². The molecule has 0 bridgehead atoms. The van der Waals surface area contributed by atoms with Crippen molar-refractivity contribution in [2.45, 2.75) is 45.3 Å². The number of likely N-dealkylation sites (tertiary alicyclic amines) is 1. The summed E-state index contributed by atoms with van der Waals surface area (Å²) >= 11 is 0. The van der Waals surface area contributed by atoms with Crippen LogP contribution in [0.25, 0.3) is 0 Å². The Morgan fingerprint density at radius 2 is 2.06 bits per heavy atom. The fourth-order valence-electron chi connectivity index (χ4n) is 1.88. The van der Waals surface area contributed by atoms with Crippen molar-refractivity contribution < 1.29 is 19.8 Å². The van der Waals surface area contributed by atoms with Crippen molar-refractivity contribution in [2.24, 2.45) is 5.92 Å². The Morgan fingerprint density at radius 3 is 2.56 bits per heavy atom. The van der Waals surface area contributed by atoms with E-state index in [0.29, 0.717) is 12.3 Å². The summed E-state index contributed by atoms with van der Waals surface area (Å²) in [6.07, 6.45) is 0.540. The predicted octanol–water partition coefficient (Wildman–Crippen LogP) is 0.469. The van der Waals surface area contributed by atoms with Gasteiger partial charge >= 0.3 is 5.97 Å². The number of carboxylic acids is 1. The van der Waals surface area contributed by atoms with Crippen LogP contribution in [0.4, 0.5) is 0 Å². The summed E-state index contributed by atoms with van der Waals surface area (Å²) in [4.78, 5) is 23.9. The van der Waals surface area contributed by atoms with Gasteiger partial charge in [0.2, 0.25) is 5.91 Å². The van der Waals surface area contributed by atoms with Crippen molar-refractivity contribution in [3.05, 3.63) is 0 Å². The molecule has 1 heterocycles. The third kappa shape index (κ3) is 3.20. The average molecular weight is 229 g/mol. The standard InChI is InChI=1S/C11H19NO4/c1-7(2)3-4-10(14)12-6-8(13)5-9(12)11(15)16/h7-9,13H,3-6H2,1-2H3,(H,15,16)/t8-,9-/m0/s1. The Morgan fingerprint density at radius 1 is 1.44 bits per heavy atom. The molecule has 0 spiro atoms. The van der Waals surface area contributed by atoms with Gasteiger partial charge in [0.15, 0.2) is 0 Å². The molecule has 1 saturated heterocycles. The van der Waals surface area contributed by atoms with Gasteiger partial charge in [-0.05, 0) is 12.3 Å². The van der Waals surface area contributed by atoms with E-state index in [-0.39, 0.29) is 18.9 Å². The van der Waals surface area contributed by atoms with Gasteiger partial charge in [-0.15, -0.1) is 0 Å². The maximum Gasteiger partial charge on any atom is 0.326 e. The van der Waals surface area contributed by atoms with Gasteiger partial charge < -0.3 is 15.1 Å². The van der Waals surface area contributed by atoms with Crippen LogP contribution in [0, 0.1) is 5.92 Å². The maximum atomic E-state index is 11.8. The van der Waals surface area contributed by atoms with Crippen LogP contribution in [0.15, 0.2) is 0 Å². The highest BCUT2D eigenvalue weighted by Gasteiger charge is 2.38. The maximum absolute atomic E-state index is 11.8. The molecule has 5 nitrogen and oxygen atoms in total. The number of aliphatic hydroxyl groups excluding tert-OH is 1. The molecule has 0 aliphatic carbocycles. The Kier molecular flexibility index (Phi) is 4.29. The summed E-state index contributed by atoms with van der Waals surface area (Å²) in [5.74, 6) is -0.785. The molecule has 1 amide bonds. The molecule has 92 valence electrons. The second-order valence-electron chi connectivity index (χ2n) is 4.72. The molecule has 2 atom stereocenters. The predicted molar refractivity (Wildman–Crippen MR) is 57.8 cm³/mol. The Balaban J connectivity index is 2.56. The van der Waals surface area contributed by atoms with Gasteiger partial charge in [-0.2, -0.15) is 0 Å². The molecule has 2 N–H and O–H groups in total. The van der Waals surface area contributed by atoms with E-state index in [9.17, 15) is 14.7 Å². The minimum atomic E-state index is -1.03. The monoisotopic (exact) mass is 229 g/mol. The number of carboxylic acid groups (broad SMARTS) is 1. The normalized spacial score (nSPS) is 25.1.